The number of benzene rings is 1. The highest BCUT2D eigenvalue weighted by Gasteiger charge is 2.30. The molecular weight excluding hydrogens is 485 g/mol. The maximum atomic E-state index is 12.9. The van der Waals surface area contributed by atoms with Gasteiger partial charge in [0.15, 0.2) is 0 Å². The van der Waals surface area contributed by atoms with Gasteiger partial charge >= 0.3 is 11.9 Å². The quantitative estimate of drug-likeness (QED) is 0.423. The van der Waals surface area contributed by atoms with Gasteiger partial charge in [0.1, 0.15) is 7.11 Å². The van der Waals surface area contributed by atoms with Crippen molar-refractivity contribution in [3.05, 3.63) is 46.0 Å². The van der Waals surface area contributed by atoms with Gasteiger partial charge < -0.3 is 20.0 Å². The first-order valence-corrected chi connectivity index (χ1v) is 11.6. The lowest BCUT2D eigenvalue weighted by molar-refractivity contribution is -0.134. The highest BCUT2D eigenvalue weighted by molar-refractivity contribution is 6.42. The number of aliphatic carboxylic acids is 2. The first-order chi connectivity index (χ1) is 16.2. The van der Waals surface area contributed by atoms with Crippen LogP contribution in [0, 0.1) is 0 Å². The molecule has 2 N–H and O–H groups in total. The zero-order chi connectivity index (χ0) is 25.1. The molecule has 2 fully saturated rings. The third kappa shape index (κ3) is 9.32. The molecule has 0 aromatic heterocycles. The Hall–Kier alpha value is -2.62. The third-order valence-corrected chi connectivity index (χ3v) is 6.21. The van der Waals surface area contributed by atoms with Crippen molar-refractivity contribution in [2.24, 2.45) is 5.16 Å². The highest BCUT2D eigenvalue weighted by atomic mass is 35.5. The summed E-state index contributed by atoms with van der Waals surface area (Å²) in [5.74, 6) is -2.35. The molecule has 3 rings (SSSR count). The maximum absolute atomic E-state index is 12.9. The number of halogens is 2. The number of amides is 1. The minimum atomic E-state index is -1.26. The molecule has 2 heterocycles. The molecule has 0 radical (unpaired) electrons. The normalized spacial score (nSPS) is 19.7. The molecule has 11 heteroatoms. The number of hydrogen-bond donors (Lipinski definition) is 2. The summed E-state index contributed by atoms with van der Waals surface area (Å²) in [6, 6.07) is 5.68. The molecule has 1 atom stereocenters. The van der Waals surface area contributed by atoms with Gasteiger partial charge in [-0.2, -0.15) is 0 Å². The Balaban J connectivity index is 0.000000440. The predicted molar refractivity (Wildman–Crippen MR) is 129 cm³/mol. The second-order valence-corrected chi connectivity index (χ2v) is 8.81. The molecule has 2 saturated heterocycles. The first-order valence-electron chi connectivity index (χ1n) is 10.9. The summed E-state index contributed by atoms with van der Waals surface area (Å²) in [5, 5.41) is 20.7. The van der Waals surface area contributed by atoms with Crippen LogP contribution in [0.1, 0.15) is 31.2 Å². The van der Waals surface area contributed by atoms with Crippen LogP contribution in [0.15, 0.2) is 35.5 Å². The molecule has 2 aliphatic rings. The maximum Gasteiger partial charge on any atom is 0.328 e. The monoisotopic (exact) mass is 513 g/mol. The molecule has 0 aliphatic carbocycles. The van der Waals surface area contributed by atoms with Crippen molar-refractivity contribution in [2.45, 2.75) is 38.1 Å². The van der Waals surface area contributed by atoms with Crippen LogP contribution in [0.2, 0.25) is 10.0 Å². The molecular formula is C23H29Cl2N3O6. The average molecular weight is 514 g/mol. The summed E-state index contributed by atoms with van der Waals surface area (Å²) in [5.41, 5.74) is 1.99. The van der Waals surface area contributed by atoms with Gasteiger partial charge in [-0.1, -0.05) is 34.4 Å². The summed E-state index contributed by atoms with van der Waals surface area (Å²) in [6.07, 6.45) is 5.72. The number of likely N-dealkylation sites (tertiary alicyclic amines) is 2. The summed E-state index contributed by atoms with van der Waals surface area (Å²) in [7, 11) is 1.58. The summed E-state index contributed by atoms with van der Waals surface area (Å²) >= 11 is 12.0. The number of carbonyl (C=O) groups excluding carboxylic acids is 1. The lowest BCUT2D eigenvalue weighted by Crippen LogP contribution is -2.49. The number of carboxylic acid groups (broad SMARTS) is 2. The number of carbonyl (C=O) groups is 3. The first kappa shape index (κ1) is 27.6. The van der Waals surface area contributed by atoms with Gasteiger partial charge in [0, 0.05) is 50.8 Å². The van der Waals surface area contributed by atoms with E-state index >= 15 is 0 Å². The van der Waals surface area contributed by atoms with Crippen molar-refractivity contribution in [3.8, 4) is 0 Å². The average Bonchev–Trinajstić information content (AvgIpc) is 3.23. The van der Waals surface area contributed by atoms with E-state index in [2.05, 4.69) is 15.0 Å². The highest BCUT2D eigenvalue weighted by Crippen LogP contribution is 2.25. The molecule has 0 saturated carbocycles. The van der Waals surface area contributed by atoms with Gasteiger partial charge in [0.2, 0.25) is 5.91 Å². The molecule has 1 amide bonds. The number of carboxylic acids is 2. The van der Waals surface area contributed by atoms with Crippen molar-refractivity contribution < 1.29 is 29.4 Å². The zero-order valence-electron chi connectivity index (χ0n) is 19.0. The predicted octanol–water partition coefficient (Wildman–Crippen LogP) is 3.34. The number of hydrogen-bond acceptors (Lipinski definition) is 6. The van der Waals surface area contributed by atoms with Crippen LogP contribution < -0.4 is 0 Å². The third-order valence-electron chi connectivity index (χ3n) is 5.47. The van der Waals surface area contributed by atoms with Crippen molar-refractivity contribution in [2.75, 3.05) is 33.3 Å². The van der Waals surface area contributed by atoms with Crippen LogP contribution in [0.3, 0.4) is 0 Å². The van der Waals surface area contributed by atoms with E-state index in [1.54, 1.807) is 19.2 Å². The van der Waals surface area contributed by atoms with E-state index in [-0.39, 0.29) is 11.9 Å². The largest absolute Gasteiger partial charge is 0.478 e. The van der Waals surface area contributed by atoms with Gasteiger partial charge in [-0.3, -0.25) is 9.69 Å². The molecule has 1 aromatic rings. The SMILES string of the molecule is CON=C1CCN(CC2CCCCN2C(=O)Cc2ccc(Cl)c(Cl)c2)C1.O=C(O)/C=C\C(=O)O. The Bertz CT molecular complexity index is 921. The fourth-order valence-electron chi connectivity index (χ4n) is 3.95. The number of rotatable bonds is 7. The lowest BCUT2D eigenvalue weighted by atomic mass is 10.00. The van der Waals surface area contributed by atoms with Crippen LogP contribution in [0.4, 0.5) is 0 Å². The summed E-state index contributed by atoms with van der Waals surface area (Å²) < 4.78 is 0. The Kier molecular flexibility index (Phi) is 11.3. The number of nitrogens with zero attached hydrogens (tertiary/aromatic N) is 3. The van der Waals surface area contributed by atoms with Crippen molar-refractivity contribution in [1.82, 2.24) is 9.80 Å². The van der Waals surface area contributed by atoms with E-state index in [1.807, 2.05) is 6.07 Å². The van der Waals surface area contributed by atoms with Crippen molar-refractivity contribution >= 4 is 46.8 Å². The van der Waals surface area contributed by atoms with Crippen LogP contribution >= 0.6 is 23.2 Å². The van der Waals surface area contributed by atoms with Gasteiger partial charge in [-0.15, -0.1) is 0 Å². The molecule has 186 valence electrons. The Labute approximate surface area is 208 Å². The van der Waals surface area contributed by atoms with Crippen LogP contribution in [-0.4, -0.2) is 82.9 Å². The molecule has 1 aromatic carbocycles. The second-order valence-electron chi connectivity index (χ2n) is 8.00. The Morgan fingerprint density at radius 2 is 1.82 bits per heavy atom. The van der Waals surface area contributed by atoms with E-state index in [0.29, 0.717) is 28.6 Å². The van der Waals surface area contributed by atoms with Crippen LogP contribution in [-0.2, 0) is 25.6 Å². The van der Waals surface area contributed by atoms with Crippen LogP contribution in [0.5, 0.6) is 0 Å². The molecule has 9 nitrogen and oxygen atoms in total. The van der Waals surface area contributed by atoms with Crippen molar-refractivity contribution in [3.63, 3.8) is 0 Å². The summed E-state index contributed by atoms with van der Waals surface area (Å²) in [6.45, 7) is 3.54. The fraction of sp³-hybridized carbons (Fsp3) is 0.478. The van der Waals surface area contributed by atoms with Gasteiger partial charge in [0.05, 0.1) is 22.2 Å². The fourth-order valence-corrected chi connectivity index (χ4v) is 4.27. The van der Waals surface area contributed by atoms with E-state index in [4.69, 9.17) is 38.3 Å². The number of piperidine rings is 1. The molecule has 0 spiro atoms. The van der Waals surface area contributed by atoms with Gasteiger partial charge in [-0.05, 0) is 37.0 Å². The molecule has 1 unspecified atom stereocenters. The smallest absolute Gasteiger partial charge is 0.328 e. The molecule has 34 heavy (non-hydrogen) atoms. The molecule has 2 aliphatic heterocycles. The van der Waals surface area contributed by atoms with E-state index in [9.17, 15) is 14.4 Å². The van der Waals surface area contributed by atoms with Gasteiger partial charge in [0.25, 0.3) is 0 Å². The van der Waals surface area contributed by atoms with E-state index < -0.39 is 11.9 Å². The second kappa shape index (κ2) is 13.9. The minimum absolute atomic E-state index is 0.165. The number of oxime groups is 1. The Morgan fingerprint density at radius 1 is 1.12 bits per heavy atom. The van der Waals surface area contributed by atoms with E-state index in [1.165, 1.54) is 6.42 Å². The topological polar surface area (TPSA) is 120 Å². The minimum Gasteiger partial charge on any atom is -0.478 e. The van der Waals surface area contributed by atoms with Crippen molar-refractivity contribution in [1.29, 1.82) is 0 Å². The lowest BCUT2D eigenvalue weighted by Gasteiger charge is -2.38. The zero-order valence-corrected chi connectivity index (χ0v) is 20.5. The van der Waals surface area contributed by atoms with E-state index in [0.717, 1.165) is 56.7 Å². The Morgan fingerprint density at radius 3 is 2.44 bits per heavy atom. The summed E-state index contributed by atoms with van der Waals surface area (Å²) in [4.78, 5) is 41.3. The van der Waals surface area contributed by atoms with Gasteiger partial charge in [-0.25, -0.2) is 9.59 Å². The standard InChI is InChI=1S/C19H25Cl2N3O2.C4H4O4/c1-26-22-15-7-9-23(12-15)13-16-4-2-3-8-24(16)19(25)11-14-5-6-17(20)18(21)10-14;5-3(6)1-2-4(7)8/h5-6,10,16H,2-4,7-9,11-13H2,1H3;1-2H,(H,5,6)(H,7,8)/b;2-1-. The molecule has 0 bridgehead atoms. The van der Waals surface area contributed by atoms with Crippen LogP contribution in [0.25, 0.3) is 0 Å².